The van der Waals surface area contributed by atoms with Crippen LogP contribution in [-0.4, -0.2) is 48.8 Å². The van der Waals surface area contributed by atoms with Crippen LogP contribution >= 0.6 is 0 Å². The normalized spacial score (nSPS) is 21.2. The molecule has 1 saturated heterocycles. The van der Waals surface area contributed by atoms with Crippen LogP contribution in [0.25, 0.3) is 0 Å². The second-order valence-corrected chi connectivity index (χ2v) is 7.09. The number of nitrogens with one attached hydrogen (secondary N) is 1. The summed E-state index contributed by atoms with van der Waals surface area (Å²) < 4.78 is 5.55. The number of ether oxygens (including phenoxy) is 1. The number of hydrogen-bond donors (Lipinski definition) is 1. The zero-order valence-electron chi connectivity index (χ0n) is 13.0. The van der Waals surface area contributed by atoms with Crippen molar-refractivity contribution in [2.75, 3.05) is 32.8 Å². The maximum Gasteiger partial charge on any atom is 0.0645 e. The third-order valence-corrected chi connectivity index (χ3v) is 3.58. The van der Waals surface area contributed by atoms with Gasteiger partial charge in [0.25, 0.3) is 0 Å². The van der Waals surface area contributed by atoms with Crippen LogP contribution in [0.4, 0.5) is 0 Å². The van der Waals surface area contributed by atoms with Gasteiger partial charge in [-0.1, -0.05) is 6.42 Å². The van der Waals surface area contributed by atoms with Crippen molar-refractivity contribution >= 4 is 0 Å². The summed E-state index contributed by atoms with van der Waals surface area (Å²) in [6, 6.07) is 0. The molecule has 0 saturated carbocycles. The van der Waals surface area contributed by atoms with Gasteiger partial charge < -0.3 is 10.1 Å². The van der Waals surface area contributed by atoms with Gasteiger partial charge in [-0.2, -0.15) is 0 Å². The number of morpholine rings is 1. The lowest BCUT2D eigenvalue weighted by Gasteiger charge is -2.42. The first-order valence-corrected chi connectivity index (χ1v) is 7.39. The van der Waals surface area contributed by atoms with Gasteiger partial charge in [-0.25, -0.2) is 0 Å². The van der Waals surface area contributed by atoms with Gasteiger partial charge in [0.1, 0.15) is 0 Å². The average Bonchev–Trinajstić information content (AvgIpc) is 2.23. The van der Waals surface area contributed by atoms with Gasteiger partial charge in [-0.05, 0) is 60.5 Å². The summed E-state index contributed by atoms with van der Waals surface area (Å²) in [5.74, 6) is 0. The lowest BCUT2D eigenvalue weighted by atomic mass is 10.0. The highest BCUT2D eigenvalue weighted by Gasteiger charge is 2.29. The SMILES string of the molecule is CC(C)(C)NCCCCCN1CCOCC1(C)C. The van der Waals surface area contributed by atoms with E-state index in [4.69, 9.17) is 4.74 Å². The summed E-state index contributed by atoms with van der Waals surface area (Å²) in [6.45, 7) is 16.5. The Hall–Kier alpha value is -0.120. The molecule has 0 spiro atoms. The largest absolute Gasteiger partial charge is 0.378 e. The molecule has 1 aliphatic rings. The molecule has 0 atom stereocenters. The number of hydrogen-bond acceptors (Lipinski definition) is 3. The van der Waals surface area contributed by atoms with Crippen molar-refractivity contribution in [1.82, 2.24) is 10.2 Å². The van der Waals surface area contributed by atoms with E-state index in [0.29, 0.717) is 0 Å². The molecular weight excluding hydrogens is 224 g/mol. The van der Waals surface area contributed by atoms with E-state index in [1.165, 1.54) is 25.8 Å². The lowest BCUT2D eigenvalue weighted by molar-refractivity contribution is -0.0513. The van der Waals surface area contributed by atoms with Crippen molar-refractivity contribution in [2.24, 2.45) is 0 Å². The predicted octanol–water partition coefficient (Wildman–Crippen LogP) is 2.66. The van der Waals surface area contributed by atoms with Crippen molar-refractivity contribution in [3.8, 4) is 0 Å². The molecule has 3 nitrogen and oxygen atoms in total. The number of unbranched alkanes of at least 4 members (excludes halogenated alkanes) is 2. The Balaban J connectivity index is 2.07. The summed E-state index contributed by atoms with van der Waals surface area (Å²) in [5, 5.41) is 3.54. The standard InChI is InChI=1S/C15H32N2O/c1-14(2,3)16-9-7-6-8-10-17-11-12-18-13-15(17,4)5/h16H,6-13H2,1-5H3. The summed E-state index contributed by atoms with van der Waals surface area (Å²) >= 11 is 0. The van der Waals surface area contributed by atoms with E-state index >= 15 is 0 Å². The fourth-order valence-corrected chi connectivity index (χ4v) is 2.37. The van der Waals surface area contributed by atoms with E-state index in [9.17, 15) is 0 Å². The molecule has 0 aliphatic carbocycles. The first-order chi connectivity index (χ1) is 8.31. The average molecular weight is 256 g/mol. The number of nitrogens with zero attached hydrogens (tertiary/aromatic N) is 1. The van der Waals surface area contributed by atoms with Crippen LogP contribution in [-0.2, 0) is 4.74 Å². The monoisotopic (exact) mass is 256 g/mol. The quantitative estimate of drug-likeness (QED) is 0.740. The van der Waals surface area contributed by atoms with Crippen molar-refractivity contribution in [1.29, 1.82) is 0 Å². The molecule has 0 unspecified atom stereocenters. The third kappa shape index (κ3) is 6.17. The van der Waals surface area contributed by atoms with Gasteiger partial charge in [0.2, 0.25) is 0 Å². The molecule has 0 radical (unpaired) electrons. The maximum atomic E-state index is 5.55. The summed E-state index contributed by atoms with van der Waals surface area (Å²) in [4.78, 5) is 2.58. The van der Waals surface area contributed by atoms with Crippen LogP contribution in [0.2, 0.25) is 0 Å². The molecule has 18 heavy (non-hydrogen) atoms. The highest BCUT2D eigenvalue weighted by Crippen LogP contribution is 2.19. The van der Waals surface area contributed by atoms with Crippen LogP contribution in [0.15, 0.2) is 0 Å². The smallest absolute Gasteiger partial charge is 0.0645 e. The molecule has 1 rings (SSSR count). The first kappa shape index (κ1) is 15.9. The van der Waals surface area contributed by atoms with E-state index in [1.54, 1.807) is 0 Å². The van der Waals surface area contributed by atoms with Gasteiger partial charge in [0.05, 0.1) is 13.2 Å². The molecule has 3 heteroatoms. The second kappa shape index (κ2) is 6.88. The van der Waals surface area contributed by atoms with Crippen LogP contribution in [0.5, 0.6) is 0 Å². The Morgan fingerprint density at radius 2 is 1.89 bits per heavy atom. The fourth-order valence-electron chi connectivity index (χ4n) is 2.37. The van der Waals surface area contributed by atoms with Crippen molar-refractivity contribution in [3.05, 3.63) is 0 Å². The Bertz CT molecular complexity index is 233. The minimum Gasteiger partial charge on any atom is -0.378 e. The molecule has 0 aromatic carbocycles. The highest BCUT2D eigenvalue weighted by atomic mass is 16.5. The van der Waals surface area contributed by atoms with E-state index in [2.05, 4.69) is 44.8 Å². The third-order valence-electron chi connectivity index (χ3n) is 3.58. The minimum absolute atomic E-state index is 0.224. The van der Waals surface area contributed by atoms with E-state index in [-0.39, 0.29) is 11.1 Å². The predicted molar refractivity (Wildman–Crippen MR) is 78.1 cm³/mol. The van der Waals surface area contributed by atoms with Crippen LogP contribution in [0.1, 0.15) is 53.9 Å². The molecule has 0 aromatic rings. The second-order valence-electron chi connectivity index (χ2n) is 7.09. The van der Waals surface area contributed by atoms with E-state index in [0.717, 1.165) is 26.3 Å². The van der Waals surface area contributed by atoms with Crippen molar-refractivity contribution in [3.63, 3.8) is 0 Å². The molecule has 0 bridgehead atoms. The topological polar surface area (TPSA) is 24.5 Å². The first-order valence-electron chi connectivity index (χ1n) is 7.39. The van der Waals surface area contributed by atoms with Crippen LogP contribution in [0, 0.1) is 0 Å². The van der Waals surface area contributed by atoms with Gasteiger partial charge in [-0.15, -0.1) is 0 Å². The Labute approximate surface area is 113 Å². The summed E-state index contributed by atoms with van der Waals surface area (Å²) in [6.07, 6.45) is 3.90. The van der Waals surface area contributed by atoms with Gasteiger partial charge in [-0.3, -0.25) is 4.90 Å². The minimum atomic E-state index is 0.224. The molecule has 0 aromatic heterocycles. The van der Waals surface area contributed by atoms with E-state index < -0.39 is 0 Å². The van der Waals surface area contributed by atoms with Gasteiger partial charge >= 0.3 is 0 Å². The van der Waals surface area contributed by atoms with Crippen molar-refractivity contribution < 1.29 is 4.74 Å². The van der Waals surface area contributed by atoms with E-state index in [1.807, 2.05) is 0 Å². The Morgan fingerprint density at radius 1 is 1.17 bits per heavy atom. The maximum absolute atomic E-state index is 5.55. The fraction of sp³-hybridized carbons (Fsp3) is 1.00. The summed E-state index contributed by atoms with van der Waals surface area (Å²) in [7, 11) is 0. The Kier molecular flexibility index (Phi) is 6.09. The Morgan fingerprint density at radius 3 is 2.50 bits per heavy atom. The lowest BCUT2D eigenvalue weighted by Crippen LogP contribution is -2.53. The molecule has 1 aliphatic heterocycles. The van der Waals surface area contributed by atoms with Crippen LogP contribution < -0.4 is 5.32 Å². The van der Waals surface area contributed by atoms with Gasteiger partial charge in [0, 0.05) is 17.6 Å². The van der Waals surface area contributed by atoms with Crippen LogP contribution in [0.3, 0.4) is 0 Å². The van der Waals surface area contributed by atoms with Gasteiger partial charge in [0.15, 0.2) is 0 Å². The molecule has 1 fully saturated rings. The molecule has 1 N–H and O–H groups in total. The number of rotatable bonds is 6. The molecule has 1 heterocycles. The highest BCUT2D eigenvalue weighted by molar-refractivity contribution is 4.84. The molecular formula is C15H32N2O. The summed E-state index contributed by atoms with van der Waals surface area (Å²) in [5.41, 5.74) is 0.480. The zero-order valence-corrected chi connectivity index (χ0v) is 13.0. The molecule has 108 valence electrons. The molecule has 0 amide bonds. The zero-order chi connectivity index (χ0) is 13.6. The van der Waals surface area contributed by atoms with Crippen molar-refractivity contribution in [2.45, 2.75) is 65.0 Å².